The van der Waals surface area contributed by atoms with Crippen LogP contribution in [0.4, 0.5) is 8.78 Å². The van der Waals surface area contributed by atoms with Crippen LogP contribution in [0.3, 0.4) is 0 Å². The fraction of sp³-hybridized carbons (Fsp3) is 0.571. The number of alkyl halides is 1. The number of hydroxylamine groups is 1. The molecule has 3 rings (SSSR count). The molecular weight excluding hydrogens is 252 g/mol. The van der Waals surface area contributed by atoms with Gasteiger partial charge in [-0.15, -0.1) is 0 Å². The number of nitrogens with one attached hydrogen (secondary N) is 1. The zero-order valence-corrected chi connectivity index (χ0v) is 11.0. The topological polar surface area (TPSA) is 30.5 Å². The van der Waals surface area contributed by atoms with E-state index < -0.39 is 17.3 Å². The number of halogens is 2. The van der Waals surface area contributed by atoms with Crippen molar-refractivity contribution in [3.63, 3.8) is 0 Å². The molecule has 2 heterocycles. The van der Waals surface area contributed by atoms with Crippen LogP contribution in [0.25, 0.3) is 0 Å². The molecule has 104 valence electrons. The molecule has 0 aromatic heterocycles. The Labute approximate surface area is 110 Å². The lowest BCUT2D eigenvalue weighted by Gasteiger charge is -2.30. The minimum atomic E-state index is -1.49. The van der Waals surface area contributed by atoms with Crippen molar-refractivity contribution in [2.45, 2.75) is 31.2 Å². The van der Waals surface area contributed by atoms with Gasteiger partial charge in [0, 0.05) is 11.5 Å². The second-order valence-corrected chi connectivity index (χ2v) is 5.77. The van der Waals surface area contributed by atoms with Crippen LogP contribution < -0.4 is 5.48 Å². The maximum Gasteiger partial charge on any atom is 0.131 e. The van der Waals surface area contributed by atoms with E-state index in [9.17, 15) is 8.78 Å². The van der Waals surface area contributed by atoms with Gasteiger partial charge < -0.3 is 9.57 Å². The highest BCUT2D eigenvalue weighted by Crippen LogP contribution is 2.47. The van der Waals surface area contributed by atoms with Crippen molar-refractivity contribution in [3.05, 3.63) is 35.6 Å². The summed E-state index contributed by atoms with van der Waals surface area (Å²) >= 11 is 0. The molecule has 0 radical (unpaired) electrons. The van der Waals surface area contributed by atoms with Gasteiger partial charge >= 0.3 is 0 Å². The third kappa shape index (κ3) is 1.88. The van der Waals surface area contributed by atoms with Crippen molar-refractivity contribution in [1.82, 2.24) is 5.48 Å². The van der Waals surface area contributed by atoms with Crippen molar-refractivity contribution in [3.8, 4) is 0 Å². The number of hydrogen-bond donors (Lipinski definition) is 1. The monoisotopic (exact) mass is 269 g/mol. The number of fused-ring (bicyclic) bond motifs is 1. The lowest BCUT2D eigenvalue weighted by atomic mass is 9.76. The highest BCUT2D eigenvalue weighted by molar-refractivity contribution is 5.30. The minimum Gasteiger partial charge on any atom is -0.372 e. The summed E-state index contributed by atoms with van der Waals surface area (Å²) in [6.07, 6.45) is -0.609. The molecule has 0 saturated carbocycles. The average molecular weight is 269 g/mol. The quantitative estimate of drug-likeness (QED) is 0.893. The van der Waals surface area contributed by atoms with Gasteiger partial charge in [0.1, 0.15) is 17.0 Å². The summed E-state index contributed by atoms with van der Waals surface area (Å²) in [5.41, 5.74) is 1.05. The van der Waals surface area contributed by atoms with Crippen LogP contribution in [0.2, 0.25) is 0 Å². The van der Waals surface area contributed by atoms with Crippen LogP contribution in [-0.4, -0.2) is 25.0 Å². The molecule has 2 saturated heterocycles. The van der Waals surface area contributed by atoms with Gasteiger partial charge in [0.15, 0.2) is 0 Å². The van der Waals surface area contributed by atoms with Crippen molar-refractivity contribution in [2.75, 3.05) is 13.2 Å². The third-order valence-corrected chi connectivity index (χ3v) is 4.04. The Morgan fingerprint density at radius 2 is 2.11 bits per heavy atom. The highest BCUT2D eigenvalue weighted by atomic mass is 19.1. The summed E-state index contributed by atoms with van der Waals surface area (Å²) < 4.78 is 33.9. The zero-order valence-electron chi connectivity index (χ0n) is 11.0. The summed E-state index contributed by atoms with van der Waals surface area (Å²) in [6, 6.07) is 6.49. The zero-order chi connectivity index (χ0) is 13.7. The first-order chi connectivity index (χ1) is 8.95. The maximum absolute atomic E-state index is 14.2. The van der Waals surface area contributed by atoms with E-state index >= 15 is 0 Å². The first-order valence-electron chi connectivity index (χ1n) is 6.39. The first kappa shape index (κ1) is 13.0. The van der Waals surface area contributed by atoms with Crippen LogP contribution >= 0.6 is 0 Å². The summed E-state index contributed by atoms with van der Waals surface area (Å²) in [5.74, 6) is -0.573. The van der Waals surface area contributed by atoms with Crippen molar-refractivity contribution in [2.24, 2.45) is 5.92 Å². The molecule has 1 aromatic carbocycles. The van der Waals surface area contributed by atoms with E-state index in [0.29, 0.717) is 12.2 Å². The number of benzene rings is 1. The van der Waals surface area contributed by atoms with Crippen molar-refractivity contribution >= 4 is 0 Å². The van der Waals surface area contributed by atoms with Gasteiger partial charge in [-0.05, 0) is 19.9 Å². The number of ether oxygens (including phenoxy) is 1. The molecule has 3 nitrogen and oxygen atoms in total. The summed E-state index contributed by atoms with van der Waals surface area (Å²) in [6.45, 7) is 3.48. The van der Waals surface area contributed by atoms with Crippen LogP contribution in [0.15, 0.2) is 24.3 Å². The summed E-state index contributed by atoms with van der Waals surface area (Å²) in [5, 5.41) is 0. The molecule has 5 heteroatoms. The van der Waals surface area contributed by atoms with Crippen LogP contribution in [0.1, 0.15) is 19.4 Å². The Morgan fingerprint density at radius 1 is 1.37 bits per heavy atom. The number of hydrogen-bond acceptors (Lipinski definition) is 3. The molecule has 19 heavy (non-hydrogen) atoms. The van der Waals surface area contributed by atoms with E-state index in [4.69, 9.17) is 9.57 Å². The largest absolute Gasteiger partial charge is 0.372 e. The smallest absolute Gasteiger partial charge is 0.131 e. The van der Waals surface area contributed by atoms with E-state index in [1.807, 2.05) is 0 Å². The second-order valence-electron chi connectivity index (χ2n) is 5.77. The Bertz CT molecular complexity index is 489. The summed E-state index contributed by atoms with van der Waals surface area (Å²) in [7, 11) is 0. The molecule has 0 amide bonds. The van der Waals surface area contributed by atoms with Gasteiger partial charge in [0.2, 0.25) is 0 Å². The normalized spacial score (nSPS) is 34.5. The van der Waals surface area contributed by atoms with Crippen LogP contribution in [-0.2, 0) is 15.1 Å². The lowest BCUT2D eigenvalue weighted by molar-refractivity contribution is -0.0504. The molecular formula is C14H17F2NO2. The fourth-order valence-corrected chi connectivity index (χ4v) is 3.13. The third-order valence-electron chi connectivity index (χ3n) is 4.04. The molecule has 1 N–H and O–H groups in total. The summed E-state index contributed by atoms with van der Waals surface area (Å²) in [4.78, 5) is 5.29. The van der Waals surface area contributed by atoms with E-state index in [1.54, 1.807) is 18.2 Å². The first-order valence-corrected chi connectivity index (χ1v) is 6.39. The van der Waals surface area contributed by atoms with Gasteiger partial charge in [-0.25, -0.2) is 8.78 Å². The molecule has 3 unspecified atom stereocenters. The Morgan fingerprint density at radius 3 is 2.79 bits per heavy atom. The average Bonchev–Trinajstić information content (AvgIpc) is 2.86. The van der Waals surface area contributed by atoms with Crippen LogP contribution in [0.5, 0.6) is 0 Å². The van der Waals surface area contributed by atoms with E-state index in [1.165, 1.54) is 19.9 Å². The van der Waals surface area contributed by atoms with Gasteiger partial charge in [0.05, 0.1) is 19.3 Å². The van der Waals surface area contributed by atoms with Gasteiger partial charge in [-0.1, -0.05) is 18.2 Å². The van der Waals surface area contributed by atoms with Crippen LogP contribution in [0, 0.1) is 11.7 Å². The predicted molar refractivity (Wildman–Crippen MR) is 65.6 cm³/mol. The second kappa shape index (κ2) is 4.23. The van der Waals surface area contributed by atoms with Gasteiger partial charge in [-0.2, -0.15) is 5.48 Å². The van der Waals surface area contributed by atoms with E-state index in [-0.39, 0.29) is 18.3 Å². The molecule has 1 aromatic rings. The van der Waals surface area contributed by atoms with Crippen molar-refractivity contribution < 1.29 is 18.4 Å². The molecule has 2 aliphatic heterocycles. The maximum atomic E-state index is 14.2. The SMILES string of the molecule is CC(C)(F)C1OCC2(c3ccccc3F)NOCC12. The molecule has 0 bridgehead atoms. The highest BCUT2D eigenvalue weighted by Gasteiger charge is 2.59. The molecule has 2 fully saturated rings. The fourth-order valence-electron chi connectivity index (χ4n) is 3.13. The lowest BCUT2D eigenvalue weighted by Crippen LogP contribution is -2.46. The minimum absolute atomic E-state index is 0.205. The molecule has 0 spiro atoms. The Hall–Kier alpha value is -1.04. The Kier molecular flexibility index (Phi) is 2.89. The standard InChI is InChI=1S/C14H17F2NO2/c1-13(2,16)12-10-7-19-17-14(10,8-18-12)9-5-3-4-6-11(9)15/h3-6,10,12,17H,7-8H2,1-2H3. The molecule has 3 atom stereocenters. The Balaban J connectivity index is 2.03. The molecule has 0 aliphatic carbocycles. The van der Waals surface area contributed by atoms with Gasteiger partial charge in [-0.3, -0.25) is 0 Å². The van der Waals surface area contributed by atoms with Gasteiger partial charge in [0.25, 0.3) is 0 Å². The number of rotatable bonds is 2. The van der Waals surface area contributed by atoms with Crippen molar-refractivity contribution in [1.29, 1.82) is 0 Å². The predicted octanol–water partition coefficient (Wildman–Crippen LogP) is 2.32. The van der Waals surface area contributed by atoms with E-state index in [0.717, 1.165) is 0 Å². The molecule has 2 aliphatic rings. The van der Waals surface area contributed by atoms with E-state index in [2.05, 4.69) is 5.48 Å².